The van der Waals surface area contributed by atoms with Gasteiger partial charge in [0, 0.05) is 23.7 Å². The van der Waals surface area contributed by atoms with E-state index in [2.05, 4.69) is 10.6 Å². The number of rotatable bonds is 7. The molecular formula is C33H33F6N5O2. The van der Waals surface area contributed by atoms with Crippen molar-refractivity contribution in [3.05, 3.63) is 106 Å². The number of amides is 3. The van der Waals surface area contributed by atoms with E-state index in [1.165, 1.54) is 0 Å². The molecule has 0 aliphatic rings. The molecule has 0 aliphatic carbocycles. The highest BCUT2D eigenvalue weighted by molar-refractivity contribution is 5.97. The number of aromatic nitrogens is 2. The zero-order valence-electron chi connectivity index (χ0n) is 25.8. The standard InChI is InChI=1S/C33H33F6N5O2/c1-20-11-12-26(21(2)13-20)44-28(17-27(42-44)31(3,4)5)41-29(45)19-43(18-22-9-7-6-8-10-22)30(46)40-25-15-23(32(34,35)36)14-24(16-25)33(37,38)39/h6-17H,18-19H2,1-5H3,(H,40,46)(H,41,45). The fourth-order valence-electron chi connectivity index (χ4n) is 4.65. The van der Waals surface area contributed by atoms with Gasteiger partial charge in [0.1, 0.15) is 12.4 Å². The van der Waals surface area contributed by atoms with E-state index in [4.69, 9.17) is 5.10 Å². The molecule has 0 saturated heterocycles. The SMILES string of the molecule is Cc1ccc(-n2nc(C(C)(C)C)cc2NC(=O)CN(Cc2ccccc2)C(=O)Nc2cc(C(F)(F)F)cc(C(F)(F)F)c2)c(C)c1. The normalized spacial score (nSPS) is 12.2. The Balaban J connectivity index is 1.66. The van der Waals surface area contributed by atoms with Crippen molar-refractivity contribution < 1.29 is 35.9 Å². The molecule has 2 N–H and O–H groups in total. The highest BCUT2D eigenvalue weighted by atomic mass is 19.4. The molecule has 0 bridgehead atoms. The van der Waals surface area contributed by atoms with Gasteiger partial charge in [-0.3, -0.25) is 4.79 Å². The van der Waals surface area contributed by atoms with Gasteiger partial charge in [-0.1, -0.05) is 68.8 Å². The van der Waals surface area contributed by atoms with Gasteiger partial charge in [-0.15, -0.1) is 0 Å². The number of aryl methyl sites for hydroxylation is 2. The first-order chi connectivity index (χ1) is 21.3. The molecule has 4 aromatic rings. The summed E-state index contributed by atoms with van der Waals surface area (Å²) in [5.74, 6) is -0.355. The lowest BCUT2D eigenvalue weighted by molar-refractivity contribution is -0.143. The summed E-state index contributed by atoms with van der Waals surface area (Å²) in [5.41, 5.74) is -0.410. The minimum Gasteiger partial charge on any atom is -0.311 e. The molecule has 0 radical (unpaired) electrons. The molecule has 0 unspecified atom stereocenters. The zero-order chi connectivity index (χ0) is 34.0. The van der Waals surface area contributed by atoms with Gasteiger partial charge in [0.25, 0.3) is 0 Å². The number of benzene rings is 3. The molecule has 46 heavy (non-hydrogen) atoms. The Kier molecular flexibility index (Phi) is 9.55. The van der Waals surface area contributed by atoms with Gasteiger partial charge in [-0.2, -0.15) is 31.4 Å². The minimum absolute atomic E-state index is 0.0321. The van der Waals surface area contributed by atoms with Crippen LogP contribution < -0.4 is 10.6 Å². The fourth-order valence-corrected chi connectivity index (χ4v) is 4.65. The van der Waals surface area contributed by atoms with Crippen LogP contribution in [0.15, 0.2) is 72.8 Å². The summed E-state index contributed by atoms with van der Waals surface area (Å²) in [4.78, 5) is 27.8. The van der Waals surface area contributed by atoms with Crippen molar-refractivity contribution in [1.82, 2.24) is 14.7 Å². The lowest BCUT2D eigenvalue weighted by Gasteiger charge is -2.24. The monoisotopic (exact) mass is 645 g/mol. The smallest absolute Gasteiger partial charge is 0.311 e. The molecule has 7 nitrogen and oxygen atoms in total. The topological polar surface area (TPSA) is 79.3 Å². The fraction of sp³-hybridized carbons (Fsp3) is 0.303. The van der Waals surface area contributed by atoms with Gasteiger partial charge in [0.05, 0.1) is 22.5 Å². The molecule has 13 heteroatoms. The second kappa shape index (κ2) is 12.9. The highest BCUT2D eigenvalue weighted by Crippen LogP contribution is 2.37. The number of alkyl halides is 6. The van der Waals surface area contributed by atoms with Crippen LogP contribution in [0.25, 0.3) is 5.69 Å². The van der Waals surface area contributed by atoms with Crippen molar-refractivity contribution >= 4 is 23.4 Å². The summed E-state index contributed by atoms with van der Waals surface area (Å²) in [6, 6.07) is 15.6. The number of anilines is 2. The number of carbonyl (C=O) groups is 2. The quantitative estimate of drug-likeness (QED) is 0.198. The van der Waals surface area contributed by atoms with E-state index in [9.17, 15) is 35.9 Å². The maximum absolute atomic E-state index is 13.5. The predicted molar refractivity (Wildman–Crippen MR) is 163 cm³/mol. The Hall–Kier alpha value is -4.81. The number of hydrogen-bond donors (Lipinski definition) is 2. The number of nitrogens with one attached hydrogen (secondary N) is 2. The third kappa shape index (κ3) is 8.46. The van der Waals surface area contributed by atoms with Crippen LogP contribution in [-0.4, -0.2) is 33.2 Å². The van der Waals surface area contributed by atoms with Crippen LogP contribution in [0.5, 0.6) is 0 Å². The van der Waals surface area contributed by atoms with Crippen molar-refractivity contribution in [2.75, 3.05) is 17.2 Å². The Morgan fingerprint density at radius 3 is 1.96 bits per heavy atom. The van der Waals surface area contributed by atoms with Crippen molar-refractivity contribution in [1.29, 1.82) is 0 Å². The molecule has 0 fully saturated rings. The van der Waals surface area contributed by atoms with E-state index in [1.807, 2.05) is 52.8 Å². The maximum Gasteiger partial charge on any atom is 0.416 e. The van der Waals surface area contributed by atoms with Crippen molar-refractivity contribution in [3.8, 4) is 5.69 Å². The van der Waals surface area contributed by atoms with Crippen LogP contribution in [0.4, 0.5) is 42.6 Å². The number of urea groups is 1. The molecular weight excluding hydrogens is 612 g/mol. The van der Waals surface area contributed by atoms with Crippen LogP contribution in [0.2, 0.25) is 0 Å². The molecule has 0 atom stereocenters. The molecule has 1 heterocycles. The lowest BCUT2D eigenvalue weighted by atomic mass is 9.92. The average Bonchev–Trinajstić information content (AvgIpc) is 3.36. The van der Waals surface area contributed by atoms with E-state index in [0.717, 1.165) is 16.0 Å². The molecule has 244 valence electrons. The molecule has 0 saturated carbocycles. The average molecular weight is 646 g/mol. The number of halogens is 6. The highest BCUT2D eigenvalue weighted by Gasteiger charge is 2.37. The Morgan fingerprint density at radius 1 is 0.804 bits per heavy atom. The largest absolute Gasteiger partial charge is 0.416 e. The summed E-state index contributed by atoms with van der Waals surface area (Å²) in [6.45, 7) is 8.95. The first-order valence-corrected chi connectivity index (χ1v) is 14.2. The summed E-state index contributed by atoms with van der Waals surface area (Å²) in [7, 11) is 0. The summed E-state index contributed by atoms with van der Waals surface area (Å²) in [5, 5.41) is 9.61. The molecule has 4 rings (SSSR count). The summed E-state index contributed by atoms with van der Waals surface area (Å²) >= 11 is 0. The molecule has 3 amide bonds. The van der Waals surface area contributed by atoms with Gasteiger partial charge in [-0.25, -0.2) is 9.48 Å². The molecule has 0 spiro atoms. The van der Waals surface area contributed by atoms with Gasteiger partial charge in [-0.05, 0) is 49.2 Å². The number of nitrogens with zero attached hydrogens (tertiary/aromatic N) is 3. The first-order valence-electron chi connectivity index (χ1n) is 14.2. The lowest BCUT2D eigenvalue weighted by Crippen LogP contribution is -2.40. The Labute approximate surface area is 262 Å². The predicted octanol–water partition coefficient (Wildman–Crippen LogP) is 8.50. The third-order valence-corrected chi connectivity index (χ3v) is 7.00. The van der Waals surface area contributed by atoms with E-state index in [-0.39, 0.29) is 18.0 Å². The molecule has 1 aromatic heterocycles. The van der Waals surface area contributed by atoms with E-state index < -0.39 is 47.6 Å². The zero-order valence-corrected chi connectivity index (χ0v) is 25.8. The summed E-state index contributed by atoms with van der Waals surface area (Å²) in [6.07, 6.45) is -10.2. The summed E-state index contributed by atoms with van der Waals surface area (Å²) < 4.78 is 82.1. The van der Waals surface area contributed by atoms with E-state index in [1.54, 1.807) is 41.1 Å². The van der Waals surface area contributed by atoms with Gasteiger partial charge >= 0.3 is 18.4 Å². The van der Waals surface area contributed by atoms with Crippen LogP contribution in [0, 0.1) is 13.8 Å². The minimum atomic E-state index is -5.10. The number of hydrogen-bond acceptors (Lipinski definition) is 3. The van der Waals surface area contributed by atoms with Gasteiger partial charge in [0.2, 0.25) is 5.91 Å². The van der Waals surface area contributed by atoms with Crippen molar-refractivity contribution in [2.24, 2.45) is 0 Å². The van der Waals surface area contributed by atoms with E-state index >= 15 is 0 Å². The van der Waals surface area contributed by atoms with E-state index in [0.29, 0.717) is 34.9 Å². The third-order valence-electron chi connectivity index (χ3n) is 7.00. The Bertz CT molecular complexity index is 1690. The van der Waals surface area contributed by atoms with Gasteiger partial charge in [0.15, 0.2) is 0 Å². The van der Waals surface area contributed by atoms with Gasteiger partial charge < -0.3 is 15.5 Å². The van der Waals surface area contributed by atoms with Crippen molar-refractivity contribution in [2.45, 2.75) is 58.9 Å². The maximum atomic E-state index is 13.5. The van der Waals surface area contributed by atoms with Crippen LogP contribution in [0.3, 0.4) is 0 Å². The van der Waals surface area contributed by atoms with Crippen molar-refractivity contribution in [3.63, 3.8) is 0 Å². The number of carbonyl (C=O) groups excluding carboxylic acids is 2. The van der Waals surface area contributed by atoms with Crippen LogP contribution >= 0.6 is 0 Å². The second-order valence-corrected chi connectivity index (χ2v) is 12.0. The van der Waals surface area contributed by atoms with Crippen LogP contribution in [-0.2, 0) is 29.1 Å². The molecule has 3 aromatic carbocycles. The Morgan fingerprint density at radius 2 is 1.41 bits per heavy atom. The van der Waals surface area contributed by atoms with Crippen LogP contribution in [0.1, 0.15) is 54.3 Å². The first kappa shape index (κ1) is 34.1. The second-order valence-electron chi connectivity index (χ2n) is 12.0. The molecule has 0 aliphatic heterocycles.